The van der Waals surface area contributed by atoms with Gasteiger partial charge in [-0.3, -0.25) is 14.7 Å². The maximum absolute atomic E-state index is 12.4. The fourth-order valence-corrected chi connectivity index (χ4v) is 5.27. The zero-order valence-electron chi connectivity index (χ0n) is 22.4. The summed E-state index contributed by atoms with van der Waals surface area (Å²) in [4.78, 5) is 30.4. The van der Waals surface area contributed by atoms with Crippen molar-refractivity contribution >= 4 is 51.3 Å². The van der Waals surface area contributed by atoms with Gasteiger partial charge in [-0.25, -0.2) is 9.97 Å². The van der Waals surface area contributed by atoms with E-state index in [0.29, 0.717) is 34.9 Å². The van der Waals surface area contributed by atoms with E-state index in [9.17, 15) is 4.79 Å². The van der Waals surface area contributed by atoms with Crippen molar-refractivity contribution in [2.24, 2.45) is 0 Å². The van der Waals surface area contributed by atoms with Crippen molar-refractivity contribution in [1.82, 2.24) is 19.9 Å². The second kappa shape index (κ2) is 12.1. The molecule has 0 spiro atoms. The van der Waals surface area contributed by atoms with Crippen LogP contribution in [-0.2, 0) is 16.1 Å². The van der Waals surface area contributed by atoms with Gasteiger partial charge in [-0.2, -0.15) is 0 Å². The average Bonchev–Trinajstić information content (AvgIpc) is 2.97. The van der Waals surface area contributed by atoms with E-state index in [2.05, 4.69) is 42.0 Å². The van der Waals surface area contributed by atoms with Crippen molar-refractivity contribution in [2.45, 2.75) is 12.6 Å². The number of halogens is 1. The van der Waals surface area contributed by atoms with Gasteiger partial charge in [0.1, 0.15) is 24.5 Å². The van der Waals surface area contributed by atoms with Crippen LogP contribution in [0.2, 0.25) is 5.02 Å². The first kappa shape index (κ1) is 26.9. The molecule has 0 unspecified atom stereocenters. The zero-order chi connectivity index (χ0) is 28.2. The highest BCUT2D eigenvalue weighted by molar-refractivity contribution is 6.32. The number of benzene rings is 2. The van der Waals surface area contributed by atoms with E-state index < -0.39 is 0 Å². The molecule has 2 fully saturated rings. The summed E-state index contributed by atoms with van der Waals surface area (Å²) in [7, 11) is 0. The Hall–Kier alpha value is -4.25. The number of ether oxygens (including phenoxy) is 2. The first-order valence-electron chi connectivity index (χ1n) is 13.5. The van der Waals surface area contributed by atoms with Crippen LogP contribution in [0.25, 0.3) is 10.9 Å². The summed E-state index contributed by atoms with van der Waals surface area (Å²) in [6.45, 7) is 9.09. The van der Waals surface area contributed by atoms with Gasteiger partial charge < -0.3 is 25.0 Å². The summed E-state index contributed by atoms with van der Waals surface area (Å²) in [6, 6.07) is 15.5. The fraction of sp³-hybridized carbons (Fsp3) is 0.267. The maximum atomic E-state index is 12.4. The van der Waals surface area contributed by atoms with Gasteiger partial charge in [-0.05, 0) is 48.5 Å². The molecule has 2 aromatic heterocycles. The molecule has 2 aliphatic rings. The first-order chi connectivity index (χ1) is 20.1. The largest absolute Gasteiger partial charge is 0.486 e. The predicted octanol–water partition coefficient (Wildman–Crippen LogP) is 4.65. The number of carbonyl (C=O) groups excluding carboxylic acids is 1. The Morgan fingerprint density at radius 1 is 1.12 bits per heavy atom. The van der Waals surface area contributed by atoms with Gasteiger partial charge in [0.15, 0.2) is 0 Å². The Bertz CT molecular complexity index is 1560. The molecule has 2 saturated heterocycles. The lowest BCUT2D eigenvalue weighted by Crippen LogP contribution is -2.61. The third-order valence-electron chi connectivity index (χ3n) is 7.26. The van der Waals surface area contributed by atoms with E-state index >= 15 is 0 Å². The van der Waals surface area contributed by atoms with Crippen LogP contribution in [0.4, 0.5) is 22.9 Å². The normalized spacial score (nSPS) is 15.8. The van der Waals surface area contributed by atoms with Crippen molar-refractivity contribution in [2.75, 3.05) is 54.9 Å². The highest BCUT2D eigenvalue weighted by Crippen LogP contribution is 2.37. The molecule has 4 heterocycles. The van der Waals surface area contributed by atoms with E-state index in [1.54, 1.807) is 18.3 Å². The second-order valence-electron chi connectivity index (χ2n) is 9.89. The number of rotatable bonds is 9. The molecule has 0 bridgehead atoms. The number of hydrogen-bond donors (Lipinski definition) is 2. The molecule has 1 amide bonds. The zero-order valence-corrected chi connectivity index (χ0v) is 23.2. The van der Waals surface area contributed by atoms with Crippen molar-refractivity contribution in [3.05, 3.63) is 84.4 Å². The van der Waals surface area contributed by atoms with E-state index in [4.69, 9.17) is 21.1 Å². The number of morpholine rings is 1. The molecule has 2 aliphatic heterocycles. The van der Waals surface area contributed by atoms with Crippen LogP contribution in [0, 0.1) is 0 Å². The summed E-state index contributed by atoms with van der Waals surface area (Å²) in [5.74, 6) is 0.860. The number of nitrogens with one attached hydrogen (secondary N) is 2. The third kappa shape index (κ3) is 6.09. The summed E-state index contributed by atoms with van der Waals surface area (Å²) in [5.41, 5.74) is 3.89. The molecule has 210 valence electrons. The maximum Gasteiger partial charge on any atom is 0.247 e. The molecule has 2 N–H and O–H groups in total. The van der Waals surface area contributed by atoms with Crippen LogP contribution in [0.15, 0.2) is 73.7 Å². The summed E-state index contributed by atoms with van der Waals surface area (Å²) >= 11 is 6.53. The Morgan fingerprint density at radius 3 is 2.73 bits per heavy atom. The molecule has 0 aliphatic carbocycles. The number of anilines is 4. The van der Waals surface area contributed by atoms with Crippen LogP contribution in [0.1, 0.15) is 5.69 Å². The minimum atomic E-state index is -0.282. The highest BCUT2D eigenvalue weighted by Gasteiger charge is 2.34. The van der Waals surface area contributed by atoms with Gasteiger partial charge in [-0.15, -0.1) is 0 Å². The lowest BCUT2D eigenvalue weighted by atomic mass is 10.0. The Morgan fingerprint density at radius 2 is 1.98 bits per heavy atom. The van der Waals surface area contributed by atoms with Gasteiger partial charge in [-0.1, -0.05) is 24.2 Å². The highest BCUT2D eigenvalue weighted by atomic mass is 35.5. The molecule has 41 heavy (non-hydrogen) atoms. The molecule has 0 radical (unpaired) electrons. The monoisotopic (exact) mass is 571 g/mol. The first-order valence-corrected chi connectivity index (χ1v) is 13.8. The smallest absolute Gasteiger partial charge is 0.247 e. The molecule has 2 aromatic carbocycles. The molecule has 6 rings (SSSR count). The topological polar surface area (TPSA) is 105 Å². The molecule has 10 nitrogen and oxygen atoms in total. The second-order valence-corrected chi connectivity index (χ2v) is 10.3. The van der Waals surface area contributed by atoms with Crippen molar-refractivity contribution < 1.29 is 14.3 Å². The lowest BCUT2D eigenvalue weighted by molar-refractivity contribution is -0.111. The van der Waals surface area contributed by atoms with Crippen molar-refractivity contribution in [3.8, 4) is 5.75 Å². The van der Waals surface area contributed by atoms with Crippen LogP contribution >= 0.6 is 11.6 Å². The summed E-state index contributed by atoms with van der Waals surface area (Å²) in [6.07, 6.45) is 4.51. The lowest BCUT2D eigenvalue weighted by Gasteiger charge is -2.48. The molecular weight excluding hydrogens is 542 g/mol. The van der Waals surface area contributed by atoms with Crippen LogP contribution in [-0.4, -0.2) is 71.2 Å². The Labute approximate surface area is 243 Å². The minimum Gasteiger partial charge on any atom is -0.486 e. The van der Waals surface area contributed by atoms with E-state index in [-0.39, 0.29) is 5.91 Å². The number of pyridine rings is 1. The number of aromatic nitrogens is 3. The van der Waals surface area contributed by atoms with Crippen molar-refractivity contribution in [1.29, 1.82) is 0 Å². The molecule has 11 heteroatoms. The van der Waals surface area contributed by atoms with Crippen LogP contribution < -0.4 is 20.3 Å². The average molecular weight is 572 g/mol. The van der Waals surface area contributed by atoms with Gasteiger partial charge >= 0.3 is 0 Å². The minimum absolute atomic E-state index is 0.282. The molecule has 0 atom stereocenters. The van der Waals surface area contributed by atoms with Gasteiger partial charge in [0, 0.05) is 49.5 Å². The third-order valence-corrected chi connectivity index (χ3v) is 7.55. The standard InChI is InChI=1S/C30H30ClN7O3/c1-2-29(39)36-26-14-23-25(15-27(26)38-16-22(17-38)37-9-11-40-12-10-37)33-19-34-30(23)35-20-6-7-28(24(31)13-20)41-18-21-5-3-4-8-32-21/h2-8,13-15,19,22H,1,9-12,16-18H2,(H,36,39)(H,33,34,35). The Kier molecular flexibility index (Phi) is 7.95. The molecule has 4 aromatic rings. The summed E-state index contributed by atoms with van der Waals surface area (Å²) in [5, 5.41) is 7.53. The van der Waals surface area contributed by atoms with Crippen molar-refractivity contribution in [3.63, 3.8) is 0 Å². The SMILES string of the molecule is C=CC(=O)Nc1cc2c(Nc3ccc(OCc4ccccn4)c(Cl)c3)ncnc2cc1N1CC(N2CCOCC2)C1. The van der Waals surface area contributed by atoms with Crippen LogP contribution in [0.5, 0.6) is 5.75 Å². The molecule has 0 saturated carbocycles. The van der Waals surface area contributed by atoms with Gasteiger partial charge in [0.2, 0.25) is 5.91 Å². The number of hydrogen-bond acceptors (Lipinski definition) is 9. The van der Waals surface area contributed by atoms with E-state index in [0.717, 1.165) is 67.4 Å². The van der Waals surface area contributed by atoms with Gasteiger partial charge in [0.05, 0.1) is 40.8 Å². The fourth-order valence-electron chi connectivity index (χ4n) is 5.03. The number of fused-ring (bicyclic) bond motifs is 1. The predicted molar refractivity (Wildman–Crippen MR) is 160 cm³/mol. The summed E-state index contributed by atoms with van der Waals surface area (Å²) < 4.78 is 11.3. The Balaban J connectivity index is 1.23. The van der Waals surface area contributed by atoms with Gasteiger partial charge in [0.25, 0.3) is 0 Å². The number of nitrogens with zero attached hydrogens (tertiary/aromatic N) is 5. The van der Waals surface area contributed by atoms with E-state index in [1.807, 2.05) is 36.4 Å². The quantitative estimate of drug-likeness (QED) is 0.278. The van der Waals surface area contributed by atoms with Crippen LogP contribution in [0.3, 0.4) is 0 Å². The van der Waals surface area contributed by atoms with E-state index in [1.165, 1.54) is 12.4 Å². The number of carbonyl (C=O) groups is 1. The molecular formula is C30H30ClN7O3. The number of amides is 1.